The summed E-state index contributed by atoms with van der Waals surface area (Å²) in [5.74, 6) is -0.161. The predicted octanol–water partition coefficient (Wildman–Crippen LogP) is 4.63. The number of nitrogens with one attached hydrogen (secondary N) is 1. The standard InChI is InChI=1S/C20H23FN2/c1-5-7-14(2)18(12-22-4)15(3)23-13-19-17-9-6-8-16(17)10-11-20(19)21/h5,7,10-12,23H,2-4,6,8-9,13H2,1H3/b7-5+,18-12-. The second-order valence-corrected chi connectivity index (χ2v) is 5.60. The minimum absolute atomic E-state index is 0.161. The third-order valence-corrected chi connectivity index (χ3v) is 4.08. The van der Waals surface area contributed by atoms with Crippen molar-refractivity contribution in [1.82, 2.24) is 5.32 Å². The average molecular weight is 310 g/mol. The number of aryl methyl sites for hydroxylation is 1. The van der Waals surface area contributed by atoms with Crippen LogP contribution >= 0.6 is 0 Å². The molecule has 1 N–H and O–H groups in total. The van der Waals surface area contributed by atoms with Gasteiger partial charge in [-0.2, -0.15) is 0 Å². The van der Waals surface area contributed by atoms with Gasteiger partial charge in [-0.3, -0.25) is 4.99 Å². The van der Waals surface area contributed by atoms with Crippen LogP contribution in [0, 0.1) is 5.82 Å². The van der Waals surface area contributed by atoms with E-state index >= 15 is 0 Å². The lowest BCUT2D eigenvalue weighted by Gasteiger charge is -2.16. The maximum Gasteiger partial charge on any atom is 0.128 e. The highest BCUT2D eigenvalue weighted by molar-refractivity contribution is 5.49. The van der Waals surface area contributed by atoms with E-state index in [0.29, 0.717) is 12.2 Å². The van der Waals surface area contributed by atoms with Gasteiger partial charge >= 0.3 is 0 Å². The van der Waals surface area contributed by atoms with E-state index in [1.54, 1.807) is 12.3 Å². The van der Waals surface area contributed by atoms with Crippen LogP contribution in [-0.4, -0.2) is 6.72 Å². The van der Waals surface area contributed by atoms with E-state index < -0.39 is 0 Å². The highest BCUT2D eigenvalue weighted by atomic mass is 19.1. The normalized spacial score (nSPS) is 13.9. The number of hydrogen-bond donors (Lipinski definition) is 1. The number of nitrogens with zero attached hydrogens (tertiary/aromatic N) is 1. The largest absolute Gasteiger partial charge is 0.381 e. The summed E-state index contributed by atoms with van der Waals surface area (Å²) in [5.41, 5.74) is 5.36. The van der Waals surface area contributed by atoms with Gasteiger partial charge in [0, 0.05) is 29.6 Å². The third kappa shape index (κ3) is 3.86. The number of rotatable bonds is 7. The maximum atomic E-state index is 14.2. The van der Waals surface area contributed by atoms with Gasteiger partial charge in [-0.1, -0.05) is 31.4 Å². The predicted molar refractivity (Wildman–Crippen MR) is 96.0 cm³/mol. The Labute approximate surface area is 137 Å². The molecule has 1 aliphatic rings. The molecule has 0 radical (unpaired) electrons. The Hall–Kier alpha value is -2.42. The van der Waals surface area contributed by atoms with Crippen molar-refractivity contribution in [2.24, 2.45) is 4.99 Å². The molecular formula is C20H23FN2. The van der Waals surface area contributed by atoms with E-state index in [-0.39, 0.29) is 5.82 Å². The van der Waals surface area contributed by atoms with Gasteiger partial charge in [0.15, 0.2) is 0 Å². The van der Waals surface area contributed by atoms with Crippen LogP contribution in [0.5, 0.6) is 0 Å². The first-order chi connectivity index (χ1) is 11.1. The molecule has 1 aromatic carbocycles. The van der Waals surface area contributed by atoms with Crippen molar-refractivity contribution < 1.29 is 4.39 Å². The molecule has 0 unspecified atom stereocenters. The fourth-order valence-electron chi connectivity index (χ4n) is 2.93. The molecule has 2 nitrogen and oxygen atoms in total. The van der Waals surface area contributed by atoms with Gasteiger partial charge in [-0.05, 0) is 55.7 Å². The van der Waals surface area contributed by atoms with Crippen LogP contribution in [0.3, 0.4) is 0 Å². The fourth-order valence-corrected chi connectivity index (χ4v) is 2.93. The molecule has 2 rings (SSSR count). The zero-order valence-corrected chi connectivity index (χ0v) is 13.7. The van der Waals surface area contributed by atoms with Gasteiger partial charge in [0.1, 0.15) is 5.82 Å². The smallest absolute Gasteiger partial charge is 0.128 e. The molecule has 3 heteroatoms. The summed E-state index contributed by atoms with van der Waals surface area (Å²) in [7, 11) is 0. The minimum atomic E-state index is -0.161. The molecule has 0 aromatic heterocycles. The van der Waals surface area contributed by atoms with Crippen LogP contribution in [0.1, 0.15) is 30.0 Å². The number of hydrogen-bond acceptors (Lipinski definition) is 2. The number of aliphatic imine (C=N–C) groups is 1. The first-order valence-electron chi connectivity index (χ1n) is 7.78. The highest BCUT2D eigenvalue weighted by Gasteiger charge is 2.18. The average Bonchev–Trinajstić information content (AvgIpc) is 3.00. The van der Waals surface area contributed by atoms with E-state index in [2.05, 4.69) is 30.2 Å². The van der Waals surface area contributed by atoms with Crippen LogP contribution in [0.4, 0.5) is 4.39 Å². The summed E-state index contributed by atoms with van der Waals surface area (Å²) >= 11 is 0. The third-order valence-electron chi connectivity index (χ3n) is 4.08. The quantitative estimate of drug-likeness (QED) is 0.576. The molecule has 0 saturated heterocycles. The van der Waals surface area contributed by atoms with E-state index in [0.717, 1.165) is 41.5 Å². The second-order valence-electron chi connectivity index (χ2n) is 5.60. The summed E-state index contributed by atoms with van der Waals surface area (Å²) in [5, 5.41) is 3.21. The summed E-state index contributed by atoms with van der Waals surface area (Å²) in [4.78, 5) is 3.81. The van der Waals surface area contributed by atoms with Gasteiger partial charge in [0.2, 0.25) is 0 Å². The number of fused-ring (bicyclic) bond motifs is 1. The maximum absolute atomic E-state index is 14.2. The Bertz CT molecular complexity index is 696. The zero-order valence-electron chi connectivity index (χ0n) is 13.7. The van der Waals surface area contributed by atoms with Crippen molar-refractivity contribution in [3.63, 3.8) is 0 Å². The zero-order chi connectivity index (χ0) is 16.8. The molecule has 120 valence electrons. The van der Waals surface area contributed by atoms with E-state index in [4.69, 9.17) is 0 Å². The molecule has 0 atom stereocenters. The summed E-state index contributed by atoms with van der Waals surface area (Å²) < 4.78 is 14.2. The summed E-state index contributed by atoms with van der Waals surface area (Å²) in [6.45, 7) is 13.8. The van der Waals surface area contributed by atoms with Crippen LogP contribution in [0.25, 0.3) is 0 Å². The molecule has 0 amide bonds. The number of benzene rings is 1. The van der Waals surface area contributed by atoms with Gasteiger partial charge in [-0.15, -0.1) is 0 Å². The first-order valence-corrected chi connectivity index (χ1v) is 7.78. The molecule has 0 aliphatic heterocycles. The molecule has 0 fully saturated rings. The van der Waals surface area contributed by atoms with Crippen LogP contribution < -0.4 is 5.32 Å². The summed E-state index contributed by atoms with van der Waals surface area (Å²) in [6.07, 6.45) is 8.47. The highest BCUT2D eigenvalue weighted by Crippen LogP contribution is 2.27. The molecule has 1 aliphatic carbocycles. The first kappa shape index (κ1) is 16.9. The minimum Gasteiger partial charge on any atom is -0.381 e. The lowest BCUT2D eigenvalue weighted by molar-refractivity contribution is 0.598. The Morgan fingerprint density at radius 2 is 2.13 bits per heavy atom. The molecule has 23 heavy (non-hydrogen) atoms. The Morgan fingerprint density at radius 1 is 1.35 bits per heavy atom. The van der Waals surface area contributed by atoms with Gasteiger partial charge in [0.25, 0.3) is 0 Å². The molecule has 0 spiro atoms. The van der Waals surface area contributed by atoms with Crippen LogP contribution in [0.2, 0.25) is 0 Å². The molecular weight excluding hydrogens is 287 g/mol. The van der Waals surface area contributed by atoms with Crippen molar-refractivity contribution in [3.8, 4) is 0 Å². The van der Waals surface area contributed by atoms with Gasteiger partial charge in [-0.25, -0.2) is 4.39 Å². The SMILES string of the molecule is C=N/C=C(/C(=C)/C=C/C)C(=C)NCc1c(F)ccc2c1CCC2. The Kier molecular flexibility index (Phi) is 5.69. The van der Waals surface area contributed by atoms with Crippen molar-refractivity contribution in [2.45, 2.75) is 32.7 Å². The van der Waals surface area contributed by atoms with Crippen molar-refractivity contribution in [3.05, 3.63) is 83.0 Å². The number of allylic oxidation sites excluding steroid dienone is 3. The number of halogens is 1. The second kappa shape index (κ2) is 7.73. The molecule has 0 bridgehead atoms. The van der Waals surface area contributed by atoms with E-state index in [1.165, 1.54) is 5.56 Å². The van der Waals surface area contributed by atoms with Crippen LogP contribution in [0.15, 0.2) is 65.5 Å². The van der Waals surface area contributed by atoms with Crippen molar-refractivity contribution in [2.75, 3.05) is 0 Å². The summed E-state index contributed by atoms with van der Waals surface area (Å²) in [6, 6.07) is 3.46. The van der Waals surface area contributed by atoms with Crippen molar-refractivity contribution in [1.29, 1.82) is 0 Å². The van der Waals surface area contributed by atoms with Gasteiger partial charge in [0.05, 0.1) is 0 Å². The lowest BCUT2D eigenvalue weighted by Crippen LogP contribution is -2.16. The van der Waals surface area contributed by atoms with Crippen LogP contribution in [-0.2, 0) is 19.4 Å². The Balaban J connectivity index is 2.16. The molecule has 0 heterocycles. The molecule has 0 saturated carbocycles. The van der Waals surface area contributed by atoms with Crippen molar-refractivity contribution >= 4 is 6.72 Å². The van der Waals surface area contributed by atoms with Gasteiger partial charge < -0.3 is 5.32 Å². The van der Waals surface area contributed by atoms with E-state index in [1.807, 2.05) is 25.1 Å². The van der Waals surface area contributed by atoms with E-state index in [9.17, 15) is 4.39 Å². The Morgan fingerprint density at radius 3 is 2.83 bits per heavy atom. The lowest BCUT2D eigenvalue weighted by atomic mass is 10.0. The topological polar surface area (TPSA) is 24.4 Å². The molecule has 1 aromatic rings. The monoisotopic (exact) mass is 310 g/mol. The fraction of sp³-hybridized carbons (Fsp3) is 0.250.